The molecule has 0 saturated heterocycles. The summed E-state index contributed by atoms with van der Waals surface area (Å²) < 4.78 is 0. The number of carbonyl (C=O) groups excluding carboxylic acids is 1. The molecule has 144 valence electrons. The van der Waals surface area contributed by atoms with Crippen molar-refractivity contribution in [3.05, 3.63) is 70.3 Å². The maximum Gasteiger partial charge on any atom is 0.254 e. The van der Waals surface area contributed by atoms with Crippen LogP contribution in [-0.2, 0) is 19.4 Å². The lowest BCUT2D eigenvalue weighted by Gasteiger charge is -2.32. The monoisotopic (exact) mass is 375 g/mol. The molecule has 2 aliphatic heterocycles. The molecule has 0 radical (unpaired) electrons. The molecule has 1 amide bonds. The Kier molecular flexibility index (Phi) is 5.43. The molecule has 2 aromatic carbocycles. The number of fused-ring (bicyclic) bond motifs is 2. The number of hydrogen-bond donors (Lipinski definition) is 1. The topological polar surface area (TPSA) is 67.6 Å². The van der Waals surface area contributed by atoms with Crippen LogP contribution < -0.4 is 0 Å². The summed E-state index contributed by atoms with van der Waals surface area (Å²) in [7, 11) is 0. The van der Waals surface area contributed by atoms with Gasteiger partial charge in [-0.05, 0) is 54.2 Å². The Bertz CT molecular complexity index is 918. The van der Waals surface area contributed by atoms with Crippen molar-refractivity contribution in [1.82, 2.24) is 9.80 Å². The molecule has 2 aliphatic rings. The molecular formula is C23H25N3O2. The van der Waals surface area contributed by atoms with Crippen molar-refractivity contribution in [2.75, 3.05) is 26.2 Å². The molecule has 5 heteroatoms. The van der Waals surface area contributed by atoms with E-state index in [0.29, 0.717) is 30.8 Å². The average molecular weight is 375 g/mol. The molecule has 0 aromatic heterocycles. The first kappa shape index (κ1) is 18.7. The minimum Gasteiger partial charge on any atom is -0.390 e. The summed E-state index contributed by atoms with van der Waals surface area (Å²) in [6.45, 7) is 3.33. The molecule has 1 atom stereocenters. The highest BCUT2D eigenvalue weighted by Gasteiger charge is 2.26. The van der Waals surface area contributed by atoms with E-state index in [1.807, 2.05) is 6.07 Å². The first-order valence-electron chi connectivity index (χ1n) is 9.93. The van der Waals surface area contributed by atoms with Gasteiger partial charge in [-0.1, -0.05) is 24.3 Å². The van der Waals surface area contributed by atoms with Crippen molar-refractivity contribution in [3.63, 3.8) is 0 Å². The van der Waals surface area contributed by atoms with Gasteiger partial charge in [-0.2, -0.15) is 5.26 Å². The van der Waals surface area contributed by atoms with E-state index in [-0.39, 0.29) is 5.91 Å². The van der Waals surface area contributed by atoms with Crippen LogP contribution in [-0.4, -0.2) is 53.1 Å². The van der Waals surface area contributed by atoms with Crippen LogP contribution in [0.2, 0.25) is 0 Å². The Morgan fingerprint density at radius 3 is 2.68 bits per heavy atom. The van der Waals surface area contributed by atoms with E-state index in [1.165, 1.54) is 11.1 Å². The molecule has 2 aromatic rings. The highest BCUT2D eigenvalue weighted by Crippen LogP contribution is 2.22. The predicted octanol–water partition coefficient (Wildman–Crippen LogP) is 2.37. The molecule has 28 heavy (non-hydrogen) atoms. The fraction of sp³-hybridized carbons (Fsp3) is 0.391. The molecular weight excluding hydrogens is 350 g/mol. The van der Waals surface area contributed by atoms with Crippen molar-refractivity contribution < 1.29 is 9.90 Å². The van der Waals surface area contributed by atoms with Crippen LogP contribution in [0.25, 0.3) is 0 Å². The summed E-state index contributed by atoms with van der Waals surface area (Å²) in [6, 6.07) is 15.9. The lowest BCUT2D eigenvalue weighted by Crippen LogP contribution is -2.44. The third-order valence-electron chi connectivity index (χ3n) is 5.74. The van der Waals surface area contributed by atoms with Gasteiger partial charge in [0.25, 0.3) is 5.91 Å². The highest BCUT2D eigenvalue weighted by atomic mass is 16.3. The van der Waals surface area contributed by atoms with Gasteiger partial charge in [0.05, 0.1) is 17.7 Å². The van der Waals surface area contributed by atoms with E-state index in [9.17, 15) is 9.90 Å². The first-order valence-corrected chi connectivity index (χ1v) is 9.93. The molecule has 0 fully saturated rings. The Balaban J connectivity index is 1.40. The lowest BCUT2D eigenvalue weighted by atomic mass is 9.99. The first-order chi connectivity index (χ1) is 13.6. The van der Waals surface area contributed by atoms with Gasteiger partial charge in [-0.3, -0.25) is 9.69 Å². The largest absolute Gasteiger partial charge is 0.390 e. The van der Waals surface area contributed by atoms with Crippen LogP contribution in [0.4, 0.5) is 0 Å². The van der Waals surface area contributed by atoms with Gasteiger partial charge < -0.3 is 10.0 Å². The quantitative estimate of drug-likeness (QED) is 0.891. The minimum absolute atomic E-state index is 0.0416. The molecule has 0 aliphatic carbocycles. The van der Waals surface area contributed by atoms with E-state index < -0.39 is 6.10 Å². The maximum atomic E-state index is 12.9. The number of aryl methyl sites for hydroxylation is 1. The number of nitrogens with zero attached hydrogens (tertiary/aromatic N) is 3. The second-order valence-corrected chi connectivity index (χ2v) is 7.75. The number of nitriles is 1. The minimum atomic E-state index is -0.575. The summed E-state index contributed by atoms with van der Waals surface area (Å²) in [5.41, 5.74) is 4.91. The van der Waals surface area contributed by atoms with Crippen LogP contribution in [0.15, 0.2) is 42.5 Å². The number of carbonyl (C=O) groups is 1. The van der Waals surface area contributed by atoms with E-state index in [0.717, 1.165) is 37.9 Å². The maximum absolute atomic E-state index is 12.9. The summed E-state index contributed by atoms with van der Waals surface area (Å²) >= 11 is 0. The van der Waals surface area contributed by atoms with Crippen LogP contribution in [0.3, 0.4) is 0 Å². The van der Waals surface area contributed by atoms with E-state index in [4.69, 9.17) is 5.26 Å². The zero-order valence-corrected chi connectivity index (χ0v) is 16.0. The molecule has 2 heterocycles. The molecule has 0 saturated carbocycles. The van der Waals surface area contributed by atoms with Crippen LogP contribution in [0.5, 0.6) is 0 Å². The molecule has 5 nitrogen and oxygen atoms in total. The molecule has 0 bridgehead atoms. The zero-order valence-electron chi connectivity index (χ0n) is 16.0. The standard InChI is InChI=1S/C23H25N3O2/c24-13-17-7-8-22-19(12-17)6-3-10-26(23(22)28)16-21(27)15-25-11-9-18-4-1-2-5-20(18)14-25/h1-2,4-5,7-8,12,21,27H,3,6,9-11,14-16H2. The summed E-state index contributed by atoms with van der Waals surface area (Å²) in [5.74, 6) is -0.0416. The van der Waals surface area contributed by atoms with Gasteiger partial charge in [-0.15, -0.1) is 0 Å². The molecule has 1 unspecified atom stereocenters. The Labute approximate surface area is 165 Å². The third-order valence-corrected chi connectivity index (χ3v) is 5.74. The summed E-state index contributed by atoms with van der Waals surface area (Å²) in [6.07, 6.45) is 2.05. The van der Waals surface area contributed by atoms with Crippen LogP contribution in [0.1, 0.15) is 39.0 Å². The van der Waals surface area contributed by atoms with Gasteiger partial charge in [0, 0.05) is 38.3 Å². The normalized spacial score (nSPS) is 18.0. The van der Waals surface area contributed by atoms with Crippen molar-refractivity contribution >= 4 is 5.91 Å². The zero-order chi connectivity index (χ0) is 19.5. The van der Waals surface area contributed by atoms with Gasteiger partial charge in [-0.25, -0.2) is 0 Å². The lowest BCUT2D eigenvalue weighted by molar-refractivity contribution is 0.0513. The van der Waals surface area contributed by atoms with E-state index in [2.05, 4.69) is 35.2 Å². The fourth-order valence-corrected chi connectivity index (χ4v) is 4.31. The Morgan fingerprint density at radius 1 is 1.04 bits per heavy atom. The van der Waals surface area contributed by atoms with Crippen molar-refractivity contribution in [1.29, 1.82) is 5.26 Å². The smallest absolute Gasteiger partial charge is 0.254 e. The SMILES string of the molecule is N#Cc1ccc2c(c1)CCCN(CC(O)CN1CCc3ccccc3C1)C2=O. The molecule has 0 spiro atoms. The summed E-state index contributed by atoms with van der Waals surface area (Å²) in [4.78, 5) is 17.0. The van der Waals surface area contributed by atoms with Crippen molar-refractivity contribution in [3.8, 4) is 6.07 Å². The summed E-state index contributed by atoms with van der Waals surface area (Å²) in [5, 5.41) is 19.7. The Morgan fingerprint density at radius 2 is 1.86 bits per heavy atom. The average Bonchev–Trinajstić information content (AvgIpc) is 2.86. The van der Waals surface area contributed by atoms with Crippen LogP contribution >= 0.6 is 0 Å². The van der Waals surface area contributed by atoms with Crippen LogP contribution in [0, 0.1) is 11.3 Å². The van der Waals surface area contributed by atoms with Gasteiger partial charge in [0.1, 0.15) is 0 Å². The number of aliphatic hydroxyl groups is 1. The number of rotatable bonds is 4. The second kappa shape index (κ2) is 8.14. The van der Waals surface area contributed by atoms with Crippen molar-refractivity contribution in [2.24, 2.45) is 0 Å². The van der Waals surface area contributed by atoms with E-state index in [1.54, 1.807) is 17.0 Å². The number of hydrogen-bond acceptors (Lipinski definition) is 4. The second-order valence-electron chi connectivity index (χ2n) is 7.75. The fourth-order valence-electron chi connectivity index (χ4n) is 4.31. The number of aliphatic hydroxyl groups excluding tert-OH is 1. The number of β-amino-alcohol motifs (C(OH)–C–C–N with tert-alkyl or cyclic N) is 1. The molecule has 4 rings (SSSR count). The van der Waals surface area contributed by atoms with E-state index >= 15 is 0 Å². The third kappa shape index (κ3) is 3.94. The number of amides is 1. The highest BCUT2D eigenvalue weighted by molar-refractivity contribution is 5.96. The Hall–Kier alpha value is -2.68. The predicted molar refractivity (Wildman–Crippen MR) is 107 cm³/mol. The van der Waals surface area contributed by atoms with Crippen molar-refractivity contribution in [2.45, 2.75) is 31.9 Å². The molecule has 1 N–H and O–H groups in total. The number of benzene rings is 2. The van der Waals surface area contributed by atoms with Gasteiger partial charge >= 0.3 is 0 Å². The van der Waals surface area contributed by atoms with Gasteiger partial charge in [0.2, 0.25) is 0 Å². The van der Waals surface area contributed by atoms with Gasteiger partial charge in [0.15, 0.2) is 0 Å².